The Hall–Kier alpha value is -1.46. The SMILES string of the molecule is CC(C)CNC(=N)NC(=N)NCc1ccc(Cl)cc1.Cl. The third kappa shape index (κ3) is 7.86. The molecule has 0 unspecified atom stereocenters. The van der Waals surface area contributed by atoms with E-state index in [1.807, 2.05) is 24.3 Å². The summed E-state index contributed by atoms with van der Waals surface area (Å²) in [4.78, 5) is 0. The van der Waals surface area contributed by atoms with E-state index in [0.717, 1.165) is 5.56 Å². The molecule has 7 heteroatoms. The second-order valence-electron chi connectivity index (χ2n) is 4.63. The first-order valence-electron chi connectivity index (χ1n) is 6.13. The van der Waals surface area contributed by atoms with Gasteiger partial charge in [-0.25, -0.2) is 0 Å². The molecule has 0 spiro atoms. The maximum absolute atomic E-state index is 7.67. The van der Waals surface area contributed by atoms with Gasteiger partial charge in [0.05, 0.1) is 0 Å². The highest BCUT2D eigenvalue weighted by atomic mass is 35.5. The van der Waals surface area contributed by atoms with Gasteiger partial charge in [0.25, 0.3) is 0 Å². The Balaban J connectivity index is 0.00000361. The zero-order valence-electron chi connectivity index (χ0n) is 11.6. The van der Waals surface area contributed by atoms with Crippen LogP contribution in [-0.2, 0) is 6.54 Å². The van der Waals surface area contributed by atoms with Gasteiger partial charge in [0.1, 0.15) is 0 Å². The summed E-state index contributed by atoms with van der Waals surface area (Å²) in [5.74, 6) is 0.678. The number of rotatable bonds is 4. The summed E-state index contributed by atoms with van der Waals surface area (Å²) >= 11 is 5.79. The van der Waals surface area contributed by atoms with E-state index in [0.29, 0.717) is 24.0 Å². The van der Waals surface area contributed by atoms with Crippen molar-refractivity contribution in [1.82, 2.24) is 16.0 Å². The van der Waals surface area contributed by atoms with Crippen molar-refractivity contribution in [3.8, 4) is 0 Å². The van der Waals surface area contributed by atoms with Gasteiger partial charge in [0, 0.05) is 18.1 Å². The second-order valence-corrected chi connectivity index (χ2v) is 5.07. The fourth-order valence-electron chi connectivity index (χ4n) is 1.31. The Morgan fingerprint density at radius 3 is 2.20 bits per heavy atom. The lowest BCUT2D eigenvalue weighted by Crippen LogP contribution is -2.46. The van der Waals surface area contributed by atoms with Crippen molar-refractivity contribution in [2.24, 2.45) is 5.92 Å². The standard InChI is InChI=1S/C13H20ClN5.ClH/c1-9(2)7-17-12(15)19-13(16)18-8-10-3-5-11(14)6-4-10;/h3-6,9H,7-8H2,1-2H3,(H5,15,16,17,18,19);1H. The molecule has 1 aromatic rings. The lowest BCUT2D eigenvalue weighted by atomic mass is 10.2. The first-order chi connectivity index (χ1) is 8.97. The molecular weight excluding hydrogens is 297 g/mol. The van der Waals surface area contributed by atoms with Crippen molar-refractivity contribution in [3.63, 3.8) is 0 Å². The van der Waals surface area contributed by atoms with E-state index in [1.165, 1.54) is 0 Å². The smallest absolute Gasteiger partial charge is 0.195 e. The monoisotopic (exact) mass is 317 g/mol. The van der Waals surface area contributed by atoms with E-state index < -0.39 is 0 Å². The first kappa shape index (κ1) is 18.5. The Kier molecular flexibility index (Phi) is 8.76. The maximum Gasteiger partial charge on any atom is 0.195 e. The van der Waals surface area contributed by atoms with E-state index >= 15 is 0 Å². The number of hydrogen-bond donors (Lipinski definition) is 5. The van der Waals surface area contributed by atoms with Crippen LogP contribution in [0.3, 0.4) is 0 Å². The van der Waals surface area contributed by atoms with Gasteiger partial charge in [-0.1, -0.05) is 37.6 Å². The number of hydrogen-bond acceptors (Lipinski definition) is 2. The zero-order chi connectivity index (χ0) is 14.3. The lowest BCUT2D eigenvalue weighted by molar-refractivity contribution is 0.619. The molecule has 20 heavy (non-hydrogen) atoms. The molecule has 0 radical (unpaired) electrons. The molecule has 0 saturated heterocycles. The van der Waals surface area contributed by atoms with Crippen molar-refractivity contribution in [2.75, 3.05) is 6.54 Å². The van der Waals surface area contributed by atoms with Crippen LogP contribution in [0.1, 0.15) is 19.4 Å². The largest absolute Gasteiger partial charge is 0.356 e. The topological polar surface area (TPSA) is 83.8 Å². The van der Waals surface area contributed by atoms with E-state index in [4.69, 9.17) is 22.4 Å². The molecule has 0 saturated carbocycles. The molecule has 0 bridgehead atoms. The maximum atomic E-state index is 7.67. The molecular formula is C13H21Cl2N5. The third-order valence-corrected chi connectivity index (χ3v) is 2.57. The predicted molar refractivity (Wildman–Crippen MR) is 87.0 cm³/mol. The van der Waals surface area contributed by atoms with E-state index in [-0.39, 0.29) is 24.3 Å². The molecule has 1 aromatic carbocycles. The van der Waals surface area contributed by atoms with Gasteiger partial charge in [-0.15, -0.1) is 12.4 Å². The summed E-state index contributed by atoms with van der Waals surface area (Å²) in [6, 6.07) is 7.40. The normalized spacial score (nSPS) is 9.60. The van der Waals surface area contributed by atoms with Crippen LogP contribution in [0, 0.1) is 16.7 Å². The van der Waals surface area contributed by atoms with Gasteiger partial charge in [0.2, 0.25) is 0 Å². The molecule has 0 aliphatic heterocycles. The molecule has 0 fully saturated rings. The second kappa shape index (κ2) is 9.44. The zero-order valence-corrected chi connectivity index (χ0v) is 13.2. The van der Waals surface area contributed by atoms with Crippen LogP contribution in [0.2, 0.25) is 5.02 Å². The summed E-state index contributed by atoms with van der Waals surface area (Å²) in [5, 5.41) is 24.4. The molecule has 0 aliphatic rings. The van der Waals surface area contributed by atoms with Gasteiger partial charge in [-0.3, -0.25) is 16.1 Å². The quantitative estimate of drug-likeness (QED) is 0.437. The van der Waals surface area contributed by atoms with Crippen LogP contribution >= 0.6 is 24.0 Å². The Labute approximate surface area is 130 Å². The van der Waals surface area contributed by atoms with Crippen LogP contribution < -0.4 is 16.0 Å². The van der Waals surface area contributed by atoms with Gasteiger partial charge in [-0.2, -0.15) is 0 Å². The Morgan fingerprint density at radius 2 is 1.65 bits per heavy atom. The minimum atomic E-state index is 0. The molecule has 5 nitrogen and oxygen atoms in total. The van der Waals surface area contributed by atoms with Gasteiger partial charge in [0.15, 0.2) is 11.9 Å². The van der Waals surface area contributed by atoms with Crippen LogP contribution in [0.25, 0.3) is 0 Å². The summed E-state index contributed by atoms with van der Waals surface area (Å²) in [6.45, 7) is 5.34. The fourth-order valence-corrected chi connectivity index (χ4v) is 1.44. The summed E-state index contributed by atoms with van der Waals surface area (Å²) in [5.41, 5.74) is 1.03. The first-order valence-corrected chi connectivity index (χ1v) is 6.51. The number of guanidine groups is 2. The lowest BCUT2D eigenvalue weighted by Gasteiger charge is -2.13. The Bertz CT molecular complexity index is 431. The average molecular weight is 318 g/mol. The molecule has 5 N–H and O–H groups in total. The molecule has 0 aromatic heterocycles. The molecule has 112 valence electrons. The third-order valence-electron chi connectivity index (χ3n) is 2.32. The minimum Gasteiger partial charge on any atom is -0.356 e. The fraction of sp³-hybridized carbons (Fsp3) is 0.385. The van der Waals surface area contributed by atoms with Gasteiger partial charge in [-0.05, 0) is 23.6 Å². The van der Waals surface area contributed by atoms with Crippen molar-refractivity contribution in [1.29, 1.82) is 10.8 Å². The van der Waals surface area contributed by atoms with Crippen molar-refractivity contribution in [3.05, 3.63) is 34.9 Å². The van der Waals surface area contributed by atoms with Crippen LogP contribution in [0.15, 0.2) is 24.3 Å². The van der Waals surface area contributed by atoms with E-state index in [1.54, 1.807) is 0 Å². The van der Waals surface area contributed by atoms with Crippen molar-refractivity contribution < 1.29 is 0 Å². The van der Waals surface area contributed by atoms with Crippen LogP contribution in [0.5, 0.6) is 0 Å². The minimum absolute atomic E-state index is 0. The summed E-state index contributed by atoms with van der Waals surface area (Å²) in [7, 11) is 0. The molecule has 0 amide bonds. The predicted octanol–water partition coefficient (Wildman–Crippen LogP) is 2.56. The highest BCUT2D eigenvalue weighted by Crippen LogP contribution is 2.08. The molecule has 0 aliphatic carbocycles. The van der Waals surface area contributed by atoms with Crippen LogP contribution in [0.4, 0.5) is 0 Å². The summed E-state index contributed by atoms with van der Waals surface area (Å²) in [6.07, 6.45) is 0. The number of benzene rings is 1. The average Bonchev–Trinajstić information content (AvgIpc) is 2.36. The number of halogens is 2. The van der Waals surface area contributed by atoms with E-state index in [9.17, 15) is 0 Å². The van der Waals surface area contributed by atoms with Crippen molar-refractivity contribution in [2.45, 2.75) is 20.4 Å². The molecule has 1 rings (SSSR count). The number of nitrogens with one attached hydrogen (secondary N) is 5. The highest BCUT2D eigenvalue weighted by molar-refractivity contribution is 6.30. The van der Waals surface area contributed by atoms with Crippen LogP contribution in [-0.4, -0.2) is 18.5 Å². The molecule has 0 atom stereocenters. The van der Waals surface area contributed by atoms with Gasteiger partial charge < -0.3 is 10.6 Å². The Morgan fingerprint density at radius 1 is 1.10 bits per heavy atom. The molecule has 0 heterocycles. The van der Waals surface area contributed by atoms with Crippen molar-refractivity contribution >= 4 is 35.9 Å². The highest BCUT2D eigenvalue weighted by Gasteiger charge is 2.01. The van der Waals surface area contributed by atoms with Gasteiger partial charge >= 0.3 is 0 Å². The van der Waals surface area contributed by atoms with E-state index in [2.05, 4.69) is 29.8 Å². The summed E-state index contributed by atoms with van der Waals surface area (Å²) < 4.78 is 0.